The smallest absolute Gasteiger partial charge is 0.325 e. The zero-order valence-corrected chi connectivity index (χ0v) is 15.9. The Balaban J connectivity index is 1.47. The molecule has 2 aromatic rings. The maximum Gasteiger partial charge on any atom is 0.325 e. The van der Waals surface area contributed by atoms with Gasteiger partial charge in [0.2, 0.25) is 5.91 Å². The summed E-state index contributed by atoms with van der Waals surface area (Å²) in [4.78, 5) is 38.1. The first-order chi connectivity index (χ1) is 13.5. The van der Waals surface area contributed by atoms with Crippen LogP contribution in [0.1, 0.15) is 30.9 Å². The van der Waals surface area contributed by atoms with Crippen molar-refractivity contribution in [2.75, 3.05) is 0 Å². The molecule has 0 bridgehead atoms. The molecule has 0 radical (unpaired) electrons. The molecule has 6 heteroatoms. The predicted octanol–water partition coefficient (Wildman–Crippen LogP) is 2.63. The Kier molecular flexibility index (Phi) is 6.42. The van der Waals surface area contributed by atoms with Crippen LogP contribution in [0.2, 0.25) is 0 Å². The molecule has 1 aliphatic heterocycles. The number of aryl methyl sites for hydroxylation is 1. The third-order valence-corrected chi connectivity index (χ3v) is 4.80. The van der Waals surface area contributed by atoms with Crippen molar-refractivity contribution in [1.82, 2.24) is 15.5 Å². The summed E-state index contributed by atoms with van der Waals surface area (Å²) in [5.74, 6) is -0.596. The molecule has 2 N–H and O–H groups in total. The summed E-state index contributed by atoms with van der Waals surface area (Å²) in [5, 5.41) is 5.53. The van der Waals surface area contributed by atoms with Crippen molar-refractivity contribution in [3.05, 3.63) is 71.8 Å². The number of carbonyl (C=O) groups is 3. The number of hydrogen-bond donors (Lipinski definition) is 2. The van der Waals surface area contributed by atoms with Crippen molar-refractivity contribution >= 4 is 17.8 Å². The molecule has 3 rings (SSSR count). The summed E-state index contributed by atoms with van der Waals surface area (Å²) in [7, 11) is 0. The van der Waals surface area contributed by atoms with Gasteiger partial charge in [-0.1, -0.05) is 60.7 Å². The first-order valence-corrected chi connectivity index (χ1v) is 9.52. The fourth-order valence-corrected chi connectivity index (χ4v) is 3.25. The minimum Gasteiger partial charge on any atom is -0.354 e. The van der Waals surface area contributed by atoms with E-state index in [-0.39, 0.29) is 30.8 Å². The quantitative estimate of drug-likeness (QED) is 0.692. The van der Waals surface area contributed by atoms with Gasteiger partial charge in [0, 0.05) is 6.04 Å². The van der Waals surface area contributed by atoms with Crippen molar-refractivity contribution in [3.8, 4) is 0 Å². The highest BCUT2D eigenvalue weighted by Crippen LogP contribution is 2.14. The van der Waals surface area contributed by atoms with Gasteiger partial charge in [-0.15, -0.1) is 0 Å². The van der Waals surface area contributed by atoms with E-state index in [2.05, 4.69) is 22.8 Å². The number of rotatable bonds is 8. The summed E-state index contributed by atoms with van der Waals surface area (Å²) in [6, 6.07) is 18.1. The highest BCUT2D eigenvalue weighted by Gasteiger charge is 2.39. The first kappa shape index (κ1) is 19.6. The first-order valence-electron chi connectivity index (χ1n) is 9.52. The largest absolute Gasteiger partial charge is 0.354 e. The van der Waals surface area contributed by atoms with Crippen molar-refractivity contribution in [2.45, 2.75) is 44.8 Å². The van der Waals surface area contributed by atoms with E-state index in [1.54, 1.807) is 0 Å². The predicted molar refractivity (Wildman–Crippen MR) is 106 cm³/mol. The topological polar surface area (TPSA) is 78.5 Å². The Bertz CT molecular complexity index is 823. The summed E-state index contributed by atoms with van der Waals surface area (Å²) < 4.78 is 0. The van der Waals surface area contributed by atoms with E-state index in [4.69, 9.17) is 0 Å². The lowest BCUT2D eigenvalue weighted by molar-refractivity contribution is -0.131. The molecule has 4 amide bonds. The van der Waals surface area contributed by atoms with Gasteiger partial charge in [-0.2, -0.15) is 0 Å². The van der Waals surface area contributed by atoms with Crippen molar-refractivity contribution in [3.63, 3.8) is 0 Å². The van der Waals surface area contributed by atoms with Gasteiger partial charge in [-0.3, -0.25) is 14.5 Å². The molecule has 1 saturated heterocycles. The monoisotopic (exact) mass is 379 g/mol. The minimum absolute atomic E-state index is 0.0136. The van der Waals surface area contributed by atoms with Gasteiger partial charge >= 0.3 is 6.03 Å². The van der Waals surface area contributed by atoms with Crippen LogP contribution in [0.15, 0.2) is 60.7 Å². The Morgan fingerprint density at radius 2 is 1.64 bits per heavy atom. The maximum absolute atomic E-state index is 12.5. The number of urea groups is 1. The number of benzene rings is 2. The highest BCUT2D eigenvalue weighted by molar-refractivity contribution is 6.05. The van der Waals surface area contributed by atoms with E-state index in [1.165, 1.54) is 5.56 Å². The Morgan fingerprint density at radius 3 is 2.29 bits per heavy atom. The van der Waals surface area contributed by atoms with Crippen LogP contribution in [0.4, 0.5) is 4.79 Å². The molecule has 28 heavy (non-hydrogen) atoms. The molecule has 146 valence electrons. The minimum atomic E-state index is -0.808. The van der Waals surface area contributed by atoms with Crippen molar-refractivity contribution in [1.29, 1.82) is 0 Å². The van der Waals surface area contributed by atoms with E-state index < -0.39 is 12.1 Å². The molecule has 1 heterocycles. The van der Waals surface area contributed by atoms with Crippen LogP contribution >= 0.6 is 0 Å². The molecule has 0 aliphatic carbocycles. The van der Waals surface area contributed by atoms with Crippen molar-refractivity contribution in [2.24, 2.45) is 0 Å². The normalized spacial score (nSPS) is 17.3. The van der Waals surface area contributed by atoms with Crippen LogP contribution in [-0.2, 0) is 22.6 Å². The number of imide groups is 1. The van der Waals surface area contributed by atoms with E-state index >= 15 is 0 Å². The number of nitrogens with zero attached hydrogens (tertiary/aromatic N) is 1. The maximum atomic E-state index is 12.5. The number of carbonyl (C=O) groups excluding carboxylic acids is 3. The highest BCUT2D eigenvalue weighted by atomic mass is 16.2. The van der Waals surface area contributed by atoms with E-state index in [1.807, 2.05) is 55.5 Å². The summed E-state index contributed by atoms with van der Waals surface area (Å²) in [5.41, 5.74) is 2.09. The third kappa shape index (κ3) is 5.19. The van der Waals surface area contributed by atoms with E-state index in [0.29, 0.717) is 0 Å². The molecule has 0 aromatic heterocycles. The molecule has 2 atom stereocenters. The molecule has 6 nitrogen and oxygen atoms in total. The number of amides is 4. The molecule has 0 saturated carbocycles. The Hall–Kier alpha value is -3.15. The standard InChI is InChI=1S/C22H25N3O3/c1-16(12-13-17-8-4-2-5-9-17)23-20(26)14-19-21(27)25(22(28)24-19)15-18-10-6-3-7-11-18/h2-11,16,19H,12-15H2,1H3,(H,23,26)(H,24,28)/t16-,19+/m0/s1. The van der Waals surface area contributed by atoms with Crippen LogP contribution in [0.5, 0.6) is 0 Å². The molecule has 0 unspecified atom stereocenters. The molecule has 0 spiro atoms. The van der Waals surface area contributed by atoms with Gasteiger partial charge in [-0.25, -0.2) is 4.79 Å². The van der Waals surface area contributed by atoms with Gasteiger partial charge in [-0.05, 0) is 30.9 Å². The van der Waals surface area contributed by atoms with E-state index in [0.717, 1.165) is 23.3 Å². The zero-order valence-electron chi connectivity index (χ0n) is 15.9. The Morgan fingerprint density at radius 1 is 1.04 bits per heavy atom. The van der Waals surface area contributed by atoms with Gasteiger partial charge in [0.05, 0.1) is 13.0 Å². The summed E-state index contributed by atoms with van der Waals surface area (Å²) in [6.45, 7) is 2.15. The molecule has 2 aromatic carbocycles. The summed E-state index contributed by atoms with van der Waals surface area (Å²) >= 11 is 0. The van der Waals surface area contributed by atoms with Crippen LogP contribution in [0.25, 0.3) is 0 Å². The van der Waals surface area contributed by atoms with Gasteiger partial charge in [0.15, 0.2) is 0 Å². The molecule has 1 aliphatic rings. The average molecular weight is 379 g/mol. The average Bonchev–Trinajstić information content (AvgIpc) is 2.95. The summed E-state index contributed by atoms with van der Waals surface area (Å²) in [6.07, 6.45) is 1.62. The molecular weight excluding hydrogens is 354 g/mol. The molecule has 1 fully saturated rings. The third-order valence-electron chi connectivity index (χ3n) is 4.80. The second-order valence-electron chi connectivity index (χ2n) is 7.11. The van der Waals surface area contributed by atoms with E-state index in [9.17, 15) is 14.4 Å². The van der Waals surface area contributed by atoms with Gasteiger partial charge in [0.1, 0.15) is 6.04 Å². The lowest BCUT2D eigenvalue weighted by atomic mass is 10.1. The Labute approximate surface area is 164 Å². The molecular formula is C22H25N3O3. The lowest BCUT2D eigenvalue weighted by Crippen LogP contribution is -2.39. The van der Waals surface area contributed by atoms with Crippen LogP contribution in [0, 0.1) is 0 Å². The SMILES string of the molecule is C[C@@H](CCc1ccccc1)NC(=O)C[C@H]1NC(=O)N(Cc2ccccc2)C1=O. The van der Waals surface area contributed by atoms with Gasteiger partial charge in [0.25, 0.3) is 5.91 Å². The zero-order chi connectivity index (χ0) is 19.9. The van der Waals surface area contributed by atoms with Crippen LogP contribution in [0.3, 0.4) is 0 Å². The lowest BCUT2D eigenvalue weighted by Gasteiger charge is -2.16. The van der Waals surface area contributed by atoms with Crippen LogP contribution in [-0.4, -0.2) is 34.8 Å². The fraction of sp³-hybridized carbons (Fsp3) is 0.318. The van der Waals surface area contributed by atoms with Crippen LogP contribution < -0.4 is 10.6 Å². The second kappa shape index (κ2) is 9.17. The number of hydrogen-bond acceptors (Lipinski definition) is 3. The fourth-order valence-electron chi connectivity index (χ4n) is 3.25. The second-order valence-corrected chi connectivity index (χ2v) is 7.11. The van der Waals surface area contributed by atoms with Crippen molar-refractivity contribution < 1.29 is 14.4 Å². The number of nitrogens with one attached hydrogen (secondary N) is 2. The van der Waals surface area contributed by atoms with Gasteiger partial charge < -0.3 is 10.6 Å².